The molecule has 2 atom stereocenters. The van der Waals surface area contributed by atoms with E-state index in [1.807, 2.05) is 13.8 Å². The fourth-order valence-corrected chi connectivity index (χ4v) is 1.85. The molecule has 1 aromatic carbocycles. The highest BCUT2D eigenvalue weighted by atomic mass is 19.4. The van der Waals surface area contributed by atoms with Crippen LogP contribution in [0, 0.1) is 5.92 Å². The van der Waals surface area contributed by atoms with Crippen molar-refractivity contribution in [3.05, 3.63) is 29.8 Å². The van der Waals surface area contributed by atoms with Crippen LogP contribution in [0.15, 0.2) is 24.3 Å². The zero-order chi connectivity index (χ0) is 17.6. The van der Waals surface area contributed by atoms with Crippen molar-refractivity contribution in [3.8, 4) is 5.75 Å². The molecule has 0 heterocycles. The summed E-state index contributed by atoms with van der Waals surface area (Å²) in [4.78, 5) is 11.8. The molecule has 7 heteroatoms. The highest BCUT2D eigenvalue weighted by Crippen LogP contribution is 2.22. The number of amides is 1. The van der Waals surface area contributed by atoms with Crippen molar-refractivity contribution in [1.29, 1.82) is 0 Å². The quantitative estimate of drug-likeness (QED) is 0.805. The SMILES string of the molecule is CC(NC(=O)CC(O)C(C)C)c1cccc(OCC(F)(F)F)c1. The van der Waals surface area contributed by atoms with Crippen LogP contribution in [0.5, 0.6) is 5.75 Å². The number of alkyl halides is 3. The molecule has 1 amide bonds. The largest absolute Gasteiger partial charge is 0.484 e. The second kappa shape index (κ2) is 8.19. The molecule has 130 valence electrons. The van der Waals surface area contributed by atoms with Gasteiger partial charge >= 0.3 is 6.18 Å². The molecular formula is C16H22F3NO3. The second-order valence-electron chi connectivity index (χ2n) is 5.78. The standard InChI is InChI=1S/C16H22F3NO3/c1-10(2)14(21)8-15(22)20-11(3)12-5-4-6-13(7-12)23-9-16(17,18)19/h4-7,10-11,14,21H,8-9H2,1-3H3,(H,20,22). The van der Waals surface area contributed by atoms with Crippen molar-refractivity contribution < 1.29 is 27.8 Å². The lowest BCUT2D eigenvalue weighted by atomic mass is 10.0. The third-order valence-electron chi connectivity index (χ3n) is 3.30. The van der Waals surface area contributed by atoms with Crippen LogP contribution in [0.2, 0.25) is 0 Å². The van der Waals surface area contributed by atoms with Gasteiger partial charge in [-0.1, -0.05) is 26.0 Å². The van der Waals surface area contributed by atoms with Crippen LogP contribution < -0.4 is 10.1 Å². The highest BCUT2D eigenvalue weighted by molar-refractivity contribution is 5.76. The molecule has 2 unspecified atom stereocenters. The molecule has 0 spiro atoms. The molecule has 0 aromatic heterocycles. The zero-order valence-electron chi connectivity index (χ0n) is 13.4. The van der Waals surface area contributed by atoms with Gasteiger partial charge in [0.15, 0.2) is 6.61 Å². The second-order valence-corrected chi connectivity index (χ2v) is 5.78. The minimum absolute atomic E-state index is 0.0216. The van der Waals surface area contributed by atoms with Gasteiger partial charge in [0.05, 0.1) is 18.6 Å². The Hall–Kier alpha value is -1.76. The van der Waals surface area contributed by atoms with Crippen molar-refractivity contribution in [2.24, 2.45) is 5.92 Å². The molecule has 1 rings (SSSR count). The molecule has 0 aliphatic carbocycles. The van der Waals surface area contributed by atoms with Gasteiger partial charge in [-0.05, 0) is 30.5 Å². The number of carbonyl (C=O) groups excluding carboxylic acids is 1. The normalized spacial score (nSPS) is 14.4. The van der Waals surface area contributed by atoms with E-state index in [0.29, 0.717) is 5.56 Å². The van der Waals surface area contributed by atoms with E-state index in [1.54, 1.807) is 19.1 Å². The Labute approximate surface area is 133 Å². The summed E-state index contributed by atoms with van der Waals surface area (Å²) in [5.74, 6) is -0.265. The molecule has 1 aromatic rings. The molecule has 0 radical (unpaired) electrons. The first kappa shape index (κ1) is 19.3. The fourth-order valence-electron chi connectivity index (χ4n) is 1.85. The summed E-state index contributed by atoms with van der Waals surface area (Å²) in [6, 6.07) is 5.72. The Morgan fingerprint density at radius 1 is 1.30 bits per heavy atom. The van der Waals surface area contributed by atoms with Crippen molar-refractivity contribution in [2.45, 2.75) is 45.5 Å². The summed E-state index contributed by atoms with van der Waals surface area (Å²) in [5.41, 5.74) is 0.622. The van der Waals surface area contributed by atoms with E-state index >= 15 is 0 Å². The van der Waals surface area contributed by atoms with E-state index in [0.717, 1.165) is 0 Å². The molecule has 0 aliphatic heterocycles. The van der Waals surface area contributed by atoms with Gasteiger partial charge in [0.25, 0.3) is 0 Å². The van der Waals surface area contributed by atoms with Gasteiger partial charge < -0.3 is 15.2 Å². The van der Waals surface area contributed by atoms with Gasteiger partial charge in [0, 0.05) is 0 Å². The number of nitrogens with one attached hydrogen (secondary N) is 1. The van der Waals surface area contributed by atoms with Crippen LogP contribution in [-0.4, -0.2) is 29.9 Å². The van der Waals surface area contributed by atoms with Crippen molar-refractivity contribution in [2.75, 3.05) is 6.61 Å². The maximum atomic E-state index is 12.2. The average molecular weight is 333 g/mol. The third-order valence-corrected chi connectivity index (χ3v) is 3.30. The number of carbonyl (C=O) groups is 1. The summed E-state index contributed by atoms with van der Waals surface area (Å²) in [7, 11) is 0. The summed E-state index contributed by atoms with van der Waals surface area (Å²) in [6.45, 7) is 3.96. The van der Waals surface area contributed by atoms with E-state index in [4.69, 9.17) is 0 Å². The summed E-state index contributed by atoms with van der Waals surface area (Å²) in [6.07, 6.45) is -5.15. The van der Waals surface area contributed by atoms with Crippen LogP contribution in [0.1, 0.15) is 38.8 Å². The molecule has 0 bridgehead atoms. The minimum atomic E-state index is -4.40. The lowest BCUT2D eigenvalue weighted by Crippen LogP contribution is -2.31. The summed E-state index contributed by atoms with van der Waals surface area (Å²) >= 11 is 0. The van der Waals surface area contributed by atoms with Crippen LogP contribution in [-0.2, 0) is 4.79 Å². The highest BCUT2D eigenvalue weighted by Gasteiger charge is 2.28. The number of halogens is 3. The van der Waals surface area contributed by atoms with Gasteiger partial charge in [-0.15, -0.1) is 0 Å². The molecule has 0 saturated heterocycles. The van der Waals surface area contributed by atoms with Gasteiger partial charge in [-0.25, -0.2) is 0 Å². The van der Waals surface area contributed by atoms with Crippen LogP contribution >= 0.6 is 0 Å². The van der Waals surface area contributed by atoms with E-state index in [9.17, 15) is 23.1 Å². The van der Waals surface area contributed by atoms with E-state index < -0.39 is 24.9 Å². The molecule has 2 N–H and O–H groups in total. The van der Waals surface area contributed by atoms with Crippen molar-refractivity contribution >= 4 is 5.91 Å². The maximum absolute atomic E-state index is 12.2. The molecule has 0 fully saturated rings. The van der Waals surface area contributed by atoms with Crippen LogP contribution in [0.3, 0.4) is 0 Å². The first-order valence-corrected chi connectivity index (χ1v) is 7.35. The number of benzene rings is 1. The minimum Gasteiger partial charge on any atom is -0.484 e. The van der Waals surface area contributed by atoms with E-state index in [2.05, 4.69) is 10.1 Å². The number of rotatable bonds is 7. The fraction of sp³-hybridized carbons (Fsp3) is 0.562. The van der Waals surface area contributed by atoms with Gasteiger partial charge in [-0.2, -0.15) is 13.2 Å². The number of ether oxygens (including phenoxy) is 1. The average Bonchev–Trinajstić information content (AvgIpc) is 2.44. The first-order valence-electron chi connectivity index (χ1n) is 7.35. The Morgan fingerprint density at radius 3 is 2.52 bits per heavy atom. The topological polar surface area (TPSA) is 58.6 Å². The number of hydrogen-bond donors (Lipinski definition) is 2. The Balaban J connectivity index is 2.62. The lowest BCUT2D eigenvalue weighted by Gasteiger charge is -2.18. The number of aliphatic hydroxyl groups is 1. The predicted octanol–water partition coefficient (Wildman–Crippen LogP) is 3.21. The lowest BCUT2D eigenvalue weighted by molar-refractivity contribution is -0.153. The van der Waals surface area contributed by atoms with Crippen molar-refractivity contribution in [1.82, 2.24) is 5.32 Å². The van der Waals surface area contributed by atoms with Crippen LogP contribution in [0.25, 0.3) is 0 Å². The predicted molar refractivity (Wildman–Crippen MR) is 80.0 cm³/mol. The van der Waals surface area contributed by atoms with Crippen LogP contribution in [0.4, 0.5) is 13.2 Å². The van der Waals surface area contributed by atoms with E-state index in [1.165, 1.54) is 12.1 Å². The molecular weight excluding hydrogens is 311 g/mol. The van der Waals surface area contributed by atoms with Gasteiger partial charge in [0.2, 0.25) is 5.91 Å². The summed E-state index contributed by atoms with van der Waals surface area (Å²) in [5, 5.41) is 12.4. The Bertz CT molecular complexity index is 518. The van der Waals surface area contributed by atoms with E-state index in [-0.39, 0.29) is 24.0 Å². The number of hydrogen-bond acceptors (Lipinski definition) is 3. The monoisotopic (exact) mass is 333 g/mol. The molecule has 4 nitrogen and oxygen atoms in total. The van der Waals surface area contributed by atoms with Gasteiger partial charge in [0.1, 0.15) is 5.75 Å². The third kappa shape index (κ3) is 7.36. The first-order chi connectivity index (χ1) is 10.6. The van der Waals surface area contributed by atoms with Gasteiger partial charge in [-0.3, -0.25) is 4.79 Å². The smallest absolute Gasteiger partial charge is 0.422 e. The van der Waals surface area contributed by atoms with Crippen molar-refractivity contribution in [3.63, 3.8) is 0 Å². The molecule has 0 saturated carbocycles. The Kier molecular flexibility index (Phi) is 6.87. The molecule has 23 heavy (non-hydrogen) atoms. The summed E-state index contributed by atoms with van der Waals surface area (Å²) < 4.78 is 41.1. The zero-order valence-corrected chi connectivity index (χ0v) is 13.4. The maximum Gasteiger partial charge on any atom is 0.422 e. The number of aliphatic hydroxyl groups excluding tert-OH is 1. The Morgan fingerprint density at radius 2 is 1.96 bits per heavy atom. The molecule has 0 aliphatic rings.